The number of ether oxygens (including phenoxy) is 2. The Hall–Kier alpha value is -3.08. The minimum atomic E-state index is -0.743. The molecule has 3 unspecified atom stereocenters. The number of benzene rings is 2. The number of aliphatic hydroxyl groups is 1. The number of hydrogen-bond acceptors (Lipinski definition) is 6. The fourth-order valence-corrected chi connectivity index (χ4v) is 3.92. The van der Waals surface area contributed by atoms with E-state index >= 15 is 0 Å². The van der Waals surface area contributed by atoms with Crippen molar-refractivity contribution in [3.63, 3.8) is 0 Å². The Morgan fingerprint density at radius 1 is 1.18 bits per heavy atom. The Bertz CT molecular complexity index is 964. The molecule has 1 saturated heterocycles. The molecule has 1 aliphatic heterocycles. The molecule has 33 heavy (non-hydrogen) atoms. The highest BCUT2D eigenvalue weighted by Gasteiger charge is 2.21. The summed E-state index contributed by atoms with van der Waals surface area (Å²) in [5.41, 5.74) is 1.97. The van der Waals surface area contributed by atoms with Crippen molar-refractivity contribution in [1.29, 1.82) is 5.26 Å². The normalized spacial score (nSPS) is 16.0. The highest BCUT2D eigenvalue weighted by molar-refractivity contribution is 5.95. The van der Waals surface area contributed by atoms with Gasteiger partial charge >= 0.3 is 0 Å². The number of nitrogens with zero attached hydrogens (tertiary/aromatic N) is 2. The topological polar surface area (TPSA) is 94.8 Å². The lowest BCUT2D eigenvalue weighted by Gasteiger charge is -2.23. The van der Waals surface area contributed by atoms with Crippen molar-refractivity contribution in [1.82, 2.24) is 10.2 Å². The molecule has 3 atom stereocenters. The van der Waals surface area contributed by atoms with Crippen molar-refractivity contribution >= 4 is 5.91 Å². The van der Waals surface area contributed by atoms with Crippen LogP contribution in [0.1, 0.15) is 54.1 Å². The Balaban J connectivity index is 1.49. The Kier molecular flexibility index (Phi) is 8.70. The number of amides is 1. The molecule has 3 rings (SSSR count). The molecule has 0 aromatic heterocycles. The molecule has 2 aromatic rings. The van der Waals surface area contributed by atoms with Crippen LogP contribution in [0.3, 0.4) is 0 Å². The summed E-state index contributed by atoms with van der Waals surface area (Å²) in [7, 11) is 1.65. The zero-order chi connectivity index (χ0) is 23.8. The predicted octanol–water partition coefficient (Wildman–Crippen LogP) is 3.32. The van der Waals surface area contributed by atoms with E-state index in [1.54, 1.807) is 30.2 Å². The summed E-state index contributed by atoms with van der Waals surface area (Å²) < 4.78 is 10.9. The molecule has 1 heterocycles. The van der Waals surface area contributed by atoms with Gasteiger partial charge in [-0.15, -0.1) is 0 Å². The predicted molar refractivity (Wildman–Crippen MR) is 127 cm³/mol. The van der Waals surface area contributed by atoms with Crippen molar-refractivity contribution < 1.29 is 19.4 Å². The lowest BCUT2D eigenvalue weighted by Crippen LogP contribution is -2.39. The van der Waals surface area contributed by atoms with Gasteiger partial charge in [0.05, 0.1) is 12.7 Å². The molecular formula is C26H33N3O4. The van der Waals surface area contributed by atoms with Gasteiger partial charge in [-0.3, -0.25) is 4.79 Å². The molecular weight excluding hydrogens is 418 g/mol. The highest BCUT2D eigenvalue weighted by Crippen LogP contribution is 2.23. The minimum absolute atomic E-state index is 0.0464. The summed E-state index contributed by atoms with van der Waals surface area (Å²) in [6.07, 6.45) is 1.29. The van der Waals surface area contributed by atoms with Crippen LogP contribution in [-0.4, -0.2) is 61.4 Å². The first kappa shape index (κ1) is 24.6. The monoisotopic (exact) mass is 451 g/mol. The SMILES string of the molecule is COc1ccc(C(C)C(C)NCC(O)COc2ccc(C(=O)N3CCCC3)cc2C#N)cc1. The molecule has 1 aliphatic rings. The van der Waals surface area contributed by atoms with E-state index in [0.29, 0.717) is 23.4 Å². The van der Waals surface area contributed by atoms with Crippen LogP contribution >= 0.6 is 0 Å². The summed E-state index contributed by atoms with van der Waals surface area (Å²) in [4.78, 5) is 14.4. The van der Waals surface area contributed by atoms with E-state index in [1.807, 2.05) is 24.3 Å². The van der Waals surface area contributed by atoms with Gasteiger partial charge in [0, 0.05) is 31.2 Å². The van der Waals surface area contributed by atoms with E-state index in [1.165, 1.54) is 5.56 Å². The number of likely N-dealkylation sites (tertiary alicyclic amines) is 1. The summed E-state index contributed by atoms with van der Waals surface area (Å²) in [6.45, 7) is 6.13. The third-order valence-electron chi connectivity index (χ3n) is 6.24. The summed E-state index contributed by atoms with van der Waals surface area (Å²) in [5, 5.41) is 23.2. The van der Waals surface area contributed by atoms with Crippen molar-refractivity contribution in [2.75, 3.05) is 33.4 Å². The van der Waals surface area contributed by atoms with Crippen LogP contribution in [0, 0.1) is 11.3 Å². The molecule has 0 aliphatic carbocycles. The smallest absolute Gasteiger partial charge is 0.253 e. The average Bonchev–Trinajstić information content (AvgIpc) is 3.40. The molecule has 7 nitrogen and oxygen atoms in total. The first-order chi connectivity index (χ1) is 15.9. The van der Waals surface area contributed by atoms with E-state index in [0.717, 1.165) is 31.7 Å². The molecule has 0 radical (unpaired) electrons. The Morgan fingerprint density at radius 3 is 2.52 bits per heavy atom. The maximum absolute atomic E-state index is 12.6. The van der Waals surface area contributed by atoms with Gasteiger partial charge < -0.3 is 24.8 Å². The number of aliphatic hydroxyl groups excluding tert-OH is 1. The highest BCUT2D eigenvalue weighted by atomic mass is 16.5. The molecule has 176 valence electrons. The van der Waals surface area contributed by atoms with Gasteiger partial charge in [0.25, 0.3) is 5.91 Å². The molecule has 7 heteroatoms. The first-order valence-electron chi connectivity index (χ1n) is 11.4. The van der Waals surface area contributed by atoms with E-state index in [-0.39, 0.29) is 24.5 Å². The van der Waals surface area contributed by atoms with Crippen LogP contribution in [0.5, 0.6) is 11.5 Å². The number of hydrogen-bond donors (Lipinski definition) is 2. The molecule has 1 fully saturated rings. The van der Waals surface area contributed by atoms with Gasteiger partial charge in [0.15, 0.2) is 0 Å². The van der Waals surface area contributed by atoms with Crippen molar-refractivity contribution in [3.8, 4) is 17.6 Å². The average molecular weight is 452 g/mol. The number of carbonyl (C=O) groups excluding carboxylic acids is 1. The number of carbonyl (C=O) groups is 1. The third-order valence-corrected chi connectivity index (χ3v) is 6.24. The number of rotatable bonds is 10. The zero-order valence-electron chi connectivity index (χ0n) is 19.6. The van der Waals surface area contributed by atoms with E-state index in [4.69, 9.17) is 9.47 Å². The first-order valence-corrected chi connectivity index (χ1v) is 11.4. The second kappa shape index (κ2) is 11.7. The molecule has 1 amide bonds. The zero-order valence-corrected chi connectivity index (χ0v) is 19.6. The Labute approximate surface area is 195 Å². The second-order valence-electron chi connectivity index (χ2n) is 8.55. The molecule has 0 spiro atoms. The van der Waals surface area contributed by atoms with E-state index in [9.17, 15) is 15.2 Å². The number of nitrogens with one attached hydrogen (secondary N) is 1. The standard InChI is InChI=1S/C26H33N3O4/c1-18(20-6-9-24(32-3)10-7-20)19(2)28-16-23(30)17-33-25-11-8-21(14-22(25)15-27)26(31)29-12-4-5-13-29/h6-11,14,18-19,23,28,30H,4-5,12-13,16-17H2,1-3H3. The van der Waals surface area contributed by atoms with Gasteiger partial charge in [-0.05, 0) is 61.6 Å². The third kappa shape index (κ3) is 6.47. The van der Waals surface area contributed by atoms with Crippen molar-refractivity contribution in [3.05, 3.63) is 59.2 Å². The van der Waals surface area contributed by atoms with Crippen molar-refractivity contribution in [2.45, 2.75) is 44.8 Å². The van der Waals surface area contributed by atoms with Crippen LogP contribution in [0.25, 0.3) is 0 Å². The van der Waals surface area contributed by atoms with E-state index in [2.05, 4.69) is 25.2 Å². The summed E-state index contributed by atoms with van der Waals surface area (Å²) in [5.74, 6) is 1.38. The van der Waals surface area contributed by atoms with Crippen LogP contribution in [0.2, 0.25) is 0 Å². The second-order valence-corrected chi connectivity index (χ2v) is 8.55. The molecule has 2 N–H and O–H groups in total. The maximum Gasteiger partial charge on any atom is 0.253 e. The lowest BCUT2D eigenvalue weighted by molar-refractivity contribution is 0.0792. The minimum Gasteiger partial charge on any atom is -0.497 e. The summed E-state index contributed by atoms with van der Waals surface area (Å²) in [6, 6.07) is 15.1. The lowest BCUT2D eigenvalue weighted by atomic mass is 9.94. The number of methoxy groups -OCH3 is 1. The van der Waals surface area contributed by atoms with Gasteiger partial charge in [0.2, 0.25) is 0 Å². The van der Waals surface area contributed by atoms with E-state index < -0.39 is 6.10 Å². The van der Waals surface area contributed by atoms with Gasteiger partial charge in [0.1, 0.15) is 30.3 Å². The summed E-state index contributed by atoms with van der Waals surface area (Å²) >= 11 is 0. The van der Waals surface area contributed by atoms with Gasteiger partial charge in [-0.1, -0.05) is 19.1 Å². The fourth-order valence-electron chi connectivity index (χ4n) is 3.92. The Morgan fingerprint density at radius 2 is 1.88 bits per heavy atom. The van der Waals surface area contributed by atoms with Crippen LogP contribution in [-0.2, 0) is 0 Å². The number of nitriles is 1. The van der Waals surface area contributed by atoms with Crippen LogP contribution in [0.4, 0.5) is 0 Å². The maximum atomic E-state index is 12.6. The van der Waals surface area contributed by atoms with Crippen LogP contribution < -0.4 is 14.8 Å². The van der Waals surface area contributed by atoms with Gasteiger partial charge in [-0.2, -0.15) is 5.26 Å². The molecule has 2 aromatic carbocycles. The van der Waals surface area contributed by atoms with Crippen LogP contribution in [0.15, 0.2) is 42.5 Å². The fraction of sp³-hybridized carbons (Fsp3) is 0.462. The van der Waals surface area contributed by atoms with Gasteiger partial charge in [-0.25, -0.2) is 0 Å². The molecule has 0 saturated carbocycles. The molecule has 0 bridgehead atoms. The van der Waals surface area contributed by atoms with Crippen molar-refractivity contribution in [2.24, 2.45) is 0 Å². The largest absolute Gasteiger partial charge is 0.497 e. The quantitative estimate of drug-likeness (QED) is 0.575.